The minimum Gasteiger partial charge on any atom is -0.348 e. The number of carbonyl (C=O) groups is 1. The molecule has 0 bridgehead atoms. The molecular weight excluding hydrogens is 296 g/mol. The van der Waals surface area contributed by atoms with Crippen LogP contribution in [0.5, 0.6) is 0 Å². The summed E-state index contributed by atoms with van der Waals surface area (Å²) in [6.07, 6.45) is 2.10. The van der Waals surface area contributed by atoms with E-state index in [9.17, 15) is 4.79 Å². The Morgan fingerprint density at radius 3 is 2.25 bits per heavy atom. The van der Waals surface area contributed by atoms with Gasteiger partial charge in [0, 0.05) is 6.20 Å². The lowest BCUT2D eigenvalue weighted by molar-refractivity contribution is -0.121. The molecule has 1 unspecified atom stereocenters. The van der Waals surface area contributed by atoms with Crippen LogP contribution in [0.1, 0.15) is 24.2 Å². The SMILES string of the molecule is CC(NC(=O)Cc1ccc(-c2ccccc2)cc1)c1ccccn1. The second kappa shape index (κ2) is 7.55. The fourth-order valence-electron chi connectivity index (χ4n) is 2.63. The molecule has 0 spiro atoms. The van der Waals surface area contributed by atoms with Crippen LogP contribution in [0.15, 0.2) is 79.0 Å². The van der Waals surface area contributed by atoms with Gasteiger partial charge in [0.25, 0.3) is 0 Å². The largest absolute Gasteiger partial charge is 0.348 e. The minimum atomic E-state index is -0.0951. The number of aromatic nitrogens is 1. The summed E-state index contributed by atoms with van der Waals surface area (Å²) in [4.78, 5) is 16.5. The van der Waals surface area contributed by atoms with E-state index in [0.717, 1.165) is 16.8 Å². The molecule has 24 heavy (non-hydrogen) atoms. The molecule has 1 N–H and O–H groups in total. The van der Waals surface area contributed by atoms with Gasteiger partial charge in [0.05, 0.1) is 18.2 Å². The fraction of sp³-hybridized carbons (Fsp3) is 0.143. The second-order valence-electron chi connectivity index (χ2n) is 5.78. The first-order chi connectivity index (χ1) is 11.7. The van der Waals surface area contributed by atoms with E-state index in [4.69, 9.17) is 0 Å². The van der Waals surface area contributed by atoms with Crippen molar-refractivity contribution in [1.29, 1.82) is 0 Å². The standard InChI is InChI=1S/C21H20N2O/c1-16(20-9-5-6-14-22-20)23-21(24)15-17-10-12-19(13-11-17)18-7-3-2-4-8-18/h2-14,16H,15H2,1H3,(H,23,24). The first-order valence-corrected chi connectivity index (χ1v) is 8.07. The summed E-state index contributed by atoms with van der Waals surface area (Å²) in [6, 6.07) is 23.9. The molecule has 0 aliphatic carbocycles. The third kappa shape index (κ3) is 4.07. The average molecular weight is 316 g/mol. The van der Waals surface area contributed by atoms with E-state index in [2.05, 4.69) is 34.6 Å². The van der Waals surface area contributed by atoms with Crippen molar-refractivity contribution in [3.8, 4) is 11.1 Å². The molecule has 1 aromatic heterocycles. The van der Waals surface area contributed by atoms with Crippen LogP contribution in [0.4, 0.5) is 0 Å². The van der Waals surface area contributed by atoms with E-state index in [-0.39, 0.29) is 11.9 Å². The van der Waals surface area contributed by atoms with Crippen LogP contribution in [0.3, 0.4) is 0 Å². The van der Waals surface area contributed by atoms with Crippen LogP contribution in [0, 0.1) is 0 Å². The predicted octanol–water partition coefficient (Wildman–Crippen LogP) is 4.17. The van der Waals surface area contributed by atoms with Crippen LogP contribution >= 0.6 is 0 Å². The van der Waals surface area contributed by atoms with Crippen LogP contribution in [-0.2, 0) is 11.2 Å². The Labute approximate surface area is 142 Å². The maximum Gasteiger partial charge on any atom is 0.224 e. The zero-order valence-corrected chi connectivity index (χ0v) is 13.6. The van der Waals surface area contributed by atoms with Crippen LogP contribution in [0.25, 0.3) is 11.1 Å². The molecule has 0 aliphatic rings. The molecule has 0 saturated carbocycles. The van der Waals surface area contributed by atoms with Crippen molar-refractivity contribution in [3.05, 3.63) is 90.3 Å². The highest BCUT2D eigenvalue weighted by Gasteiger charge is 2.10. The van der Waals surface area contributed by atoms with E-state index in [1.807, 2.05) is 55.5 Å². The Balaban J connectivity index is 1.61. The monoisotopic (exact) mass is 316 g/mol. The topological polar surface area (TPSA) is 42.0 Å². The highest BCUT2D eigenvalue weighted by Crippen LogP contribution is 2.19. The Morgan fingerprint density at radius 1 is 0.917 bits per heavy atom. The van der Waals surface area contributed by atoms with Gasteiger partial charge >= 0.3 is 0 Å². The quantitative estimate of drug-likeness (QED) is 0.767. The number of carbonyl (C=O) groups excluding carboxylic acids is 1. The number of rotatable bonds is 5. The smallest absolute Gasteiger partial charge is 0.224 e. The molecule has 0 radical (unpaired) electrons. The molecule has 3 nitrogen and oxygen atoms in total. The molecular formula is C21H20N2O. The van der Waals surface area contributed by atoms with Gasteiger partial charge in [0.1, 0.15) is 0 Å². The van der Waals surface area contributed by atoms with E-state index >= 15 is 0 Å². The van der Waals surface area contributed by atoms with Gasteiger partial charge in [-0.25, -0.2) is 0 Å². The maximum atomic E-state index is 12.2. The molecule has 3 aromatic rings. The van der Waals surface area contributed by atoms with E-state index < -0.39 is 0 Å². The maximum absolute atomic E-state index is 12.2. The van der Waals surface area contributed by atoms with Crippen molar-refractivity contribution in [2.75, 3.05) is 0 Å². The number of nitrogens with one attached hydrogen (secondary N) is 1. The lowest BCUT2D eigenvalue weighted by Crippen LogP contribution is -2.28. The summed E-state index contributed by atoms with van der Waals surface area (Å²) in [5, 5.41) is 2.99. The van der Waals surface area contributed by atoms with Crippen molar-refractivity contribution in [2.24, 2.45) is 0 Å². The van der Waals surface area contributed by atoms with E-state index in [1.165, 1.54) is 5.56 Å². The number of pyridine rings is 1. The molecule has 3 heteroatoms. The lowest BCUT2D eigenvalue weighted by atomic mass is 10.0. The molecule has 1 atom stereocenters. The number of hydrogen-bond donors (Lipinski definition) is 1. The van der Waals surface area contributed by atoms with Crippen molar-refractivity contribution in [2.45, 2.75) is 19.4 Å². The number of hydrogen-bond acceptors (Lipinski definition) is 2. The van der Waals surface area contributed by atoms with Crippen molar-refractivity contribution in [1.82, 2.24) is 10.3 Å². The molecule has 2 aromatic carbocycles. The van der Waals surface area contributed by atoms with Gasteiger partial charge in [-0.05, 0) is 35.7 Å². The van der Waals surface area contributed by atoms with Crippen LogP contribution in [-0.4, -0.2) is 10.9 Å². The van der Waals surface area contributed by atoms with E-state index in [1.54, 1.807) is 6.20 Å². The van der Waals surface area contributed by atoms with Crippen LogP contribution in [0.2, 0.25) is 0 Å². The molecule has 0 saturated heterocycles. The first kappa shape index (κ1) is 15.9. The third-order valence-corrected chi connectivity index (χ3v) is 3.93. The predicted molar refractivity (Wildman–Crippen MR) is 96.4 cm³/mol. The van der Waals surface area contributed by atoms with Crippen molar-refractivity contribution in [3.63, 3.8) is 0 Å². The molecule has 0 aliphatic heterocycles. The summed E-state index contributed by atoms with van der Waals surface area (Å²) in [5.41, 5.74) is 4.20. The third-order valence-electron chi connectivity index (χ3n) is 3.93. The molecule has 3 rings (SSSR count). The Hall–Kier alpha value is -2.94. The van der Waals surface area contributed by atoms with Crippen molar-refractivity contribution < 1.29 is 4.79 Å². The first-order valence-electron chi connectivity index (χ1n) is 8.07. The Morgan fingerprint density at radius 2 is 1.58 bits per heavy atom. The second-order valence-corrected chi connectivity index (χ2v) is 5.78. The number of amides is 1. The van der Waals surface area contributed by atoms with Crippen LogP contribution < -0.4 is 5.32 Å². The highest BCUT2D eigenvalue weighted by atomic mass is 16.1. The van der Waals surface area contributed by atoms with Gasteiger partial charge in [-0.3, -0.25) is 9.78 Å². The molecule has 1 amide bonds. The molecule has 1 heterocycles. The molecule has 120 valence electrons. The fourth-order valence-corrected chi connectivity index (χ4v) is 2.63. The zero-order chi connectivity index (χ0) is 16.8. The molecule has 0 fully saturated rings. The Bertz CT molecular complexity index is 783. The minimum absolute atomic E-state index is 0.000569. The normalized spacial score (nSPS) is 11.7. The van der Waals surface area contributed by atoms with Crippen molar-refractivity contribution >= 4 is 5.91 Å². The average Bonchev–Trinajstić information content (AvgIpc) is 2.64. The number of nitrogens with zero attached hydrogens (tertiary/aromatic N) is 1. The van der Waals surface area contributed by atoms with Gasteiger partial charge in [-0.2, -0.15) is 0 Å². The summed E-state index contributed by atoms with van der Waals surface area (Å²) in [6.45, 7) is 1.94. The van der Waals surface area contributed by atoms with Gasteiger partial charge in [-0.15, -0.1) is 0 Å². The highest BCUT2D eigenvalue weighted by molar-refractivity contribution is 5.79. The summed E-state index contributed by atoms with van der Waals surface area (Å²) < 4.78 is 0. The summed E-state index contributed by atoms with van der Waals surface area (Å²) in [5.74, 6) is 0.000569. The summed E-state index contributed by atoms with van der Waals surface area (Å²) in [7, 11) is 0. The Kier molecular flexibility index (Phi) is 5.02. The van der Waals surface area contributed by atoms with E-state index in [0.29, 0.717) is 6.42 Å². The van der Waals surface area contributed by atoms with Gasteiger partial charge in [0.15, 0.2) is 0 Å². The van der Waals surface area contributed by atoms with Gasteiger partial charge in [-0.1, -0.05) is 60.7 Å². The van der Waals surface area contributed by atoms with Gasteiger partial charge < -0.3 is 5.32 Å². The van der Waals surface area contributed by atoms with Gasteiger partial charge in [0.2, 0.25) is 5.91 Å². The lowest BCUT2D eigenvalue weighted by Gasteiger charge is -2.13. The summed E-state index contributed by atoms with van der Waals surface area (Å²) >= 11 is 0. The number of benzene rings is 2. The zero-order valence-electron chi connectivity index (χ0n) is 13.6.